The largest absolute Gasteiger partial charge is 0.298 e. The average molecular weight is 282 g/mol. The van der Waals surface area contributed by atoms with Gasteiger partial charge in [-0.15, -0.1) is 0 Å². The second kappa shape index (κ2) is 6.03. The molecule has 0 aliphatic carbocycles. The summed E-state index contributed by atoms with van der Waals surface area (Å²) in [6, 6.07) is 8.38. The Kier molecular flexibility index (Phi) is 4.60. The van der Waals surface area contributed by atoms with Crippen LogP contribution < -0.4 is 0 Å². The fraction of sp³-hybridized carbons (Fsp3) is 0.571. The van der Waals surface area contributed by atoms with Crippen molar-refractivity contribution in [1.82, 2.24) is 9.21 Å². The quantitative estimate of drug-likeness (QED) is 0.843. The first kappa shape index (κ1) is 14.5. The smallest absolute Gasteiger partial charge is 0.211 e. The van der Waals surface area contributed by atoms with Gasteiger partial charge < -0.3 is 0 Å². The molecule has 0 bridgehead atoms. The molecule has 0 atom stereocenters. The molecule has 1 aromatic carbocycles. The third-order valence-corrected chi connectivity index (χ3v) is 4.97. The second-order valence-electron chi connectivity index (χ2n) is 5.22. The van der Waals surface area contributed by atoms with Crippen molar-refractivity contribution in [2.75, 3.05) is 32.4 Å². The fourth-order valence-electron chi connectivity index (χ4n) is 2.47. The molecule has 0 aromatic heterocycles. The molecule has 0 N–H and O–H groups in total. The van der Waals surface area contributed by atoms with Gasteiger partial charge in [-0.2, -0.15) is 0 Å². The van der Waals surface area contributed by atoms with Gasteiger partial charge in [0.1, 0.15) is 0 Å². The molecule has 0 spiro atoms. The van der Waals surface area contributed by atoms with Crippen molar-refractivity contribution in [2.45, 2.75) is 19.9 Å². The predicted octanol–water partition coefficient (Wildman–Crippen LogP) is 1.46. The van der Waals surface area contributed by atoms with Crippen molar-refractivity contribution in [2.24, 2.45) is 0 Å². The Bertz CT molecular complexity index is 528. The van der Waals surface area contributed by atoms with Gasteiger partial charge in [-0.05, 0) is 31.0 Å². The molecule has 0 amide bonds. The molecule has 0 unspecified atom stereocenters. The molecule has 1 aliphatic heterocycles. The molecular weight excluding hydrogens is 260 g/mol. The molecule has 1 fully saturated rings. The minimum Gasteiger partial charge on any atom is -0.298 e. The van der Waals surface area contributed by atoms with Gasteiger partial charge in [0.05, 0.1) is 6.26 Å². The molecular formula is C14H22N2O2S. The summed E-state index contributed by atoms with van der Waals surface area (Å²) in [5.74, 6) is 0. The summed E-state index contributed by atoms with van der Waals surface area (Å²) in [5.41, 5.74) is 2.63. The Balaban J connectivity index is 1.99. The Morgan fingerprint density at radius 2 is 1.84 bits per heavy atom. The Hall–Kier alpha value is -0.910. The van der Waals surface area contributed by atoms with E-state index < -0.39 is 10.0 Å². The van der Waals surface area contributed by atoms with Crippen molar-refractivity contribution in [3.05, 3.63) is 35.4 Å². The first-order valence-corrected chi connectivity index (χ1v) is 8.53. The number of benzene rings is 1. The maximum Gasteiger partial charge on any atom is 0.211 e. The summed E-state index contributed by atoms with van der Waals surface area (Å²) < 4.78 is 24.7. The molecule has 1 aromatic rings. The molecule has 4 nitrogen and oxygen atoms in total. The van der Waals surface area contributed by atoms with Crippen LogP contribution in [-0.2, 0) is 16.6 Å². The molecule has 106 valence electrons. The Morgan fingerprint density at radius 1 is 1.11 bits per heavy atom. The highest BCUT2D eigenvalue weighted by molar-refractivity contribution is 7.88. The predicted molar refractivity (Wildman–Crippen MR) is 77.5 cm³/mol. The number of nitrogens with zero attached hydrogens (tertiary/aromatic N) is 2. The van der Waals surface area contributed by atoms with E-state index in [0.29, 0.717) is 13.1 Å². The van der Waals surface area contributed by atoms with Crippen molar-refractivity contribution in [3.63, 3.8) is 0 Å². The normalized spacial score (nSPS) is 19.3. The first-order valence-electron chi connectivity index (χ1n) is 6.69. The lowest BCUT2D eigenvalue weighted by Crippen LogP contribution is -2.34. The zero-order valence-corrected chi connectivity index (χ0v) is 12.5. The Labute approximate surface area is 116 Å². The van der Waals surface area contributed by atoms with Crippen molar-refractivity contribution in [3.8, 4) is 0 Å². The van der Waals surface area contributed by atoms with E-state index in [1.54, 1.807) is 4.31 Å². The van der Waals surface area contributed by atoms with E-state index in [4.69, 9.17) is 0 Å². The highest BCUT2D eigenvalue weighted by Crippen LogP contribution is 2.13. The van der Waals surface area contributed by atoms with Gasteiger partial charge in [-0.3, -0.25) is 4.90 Å². The van der Waals surface area contributed by atoms with Crippen LogP contribution in [0.5, 0.6) is 0 Å². The fourth-order valence-corrected chi connectivity index (χ4v) is 3.34. The van der Waals surface area contributed by atoms with Gasteiger partial charge in [0, 0.05) is 26.2 Å². The van der Waals surface area contributed by atoms with Gasteiger partial charge >= 0.3 is 0 Å². The van der Waals surface area contributed by atoms with E-state index in [2.05, 4.69) is 30.0 Å². The minimum atomic E-state index is -3.05. The van der Waals surface area contributed by atoms with Gasteiger partial charge in [0.25, 0.3) is 0 Å². The molecule has 1 saturated heterocycles. The number of hydrogen-bond donors (Lipinski definition) is 0. The number of sulfonamides is 1. The molecule has 1 aliphatic rings. The highest BCUT2D eigenvalue weighted by Gasteiger charge is 2.21. The standard InChI is InChI=1S/C14H22N2O2S/c1-13-6-3-4-7-14(13)12-15-8-5-9-16(11-10-15)19(2,17)18/h3-4,6-7H,5,8-12H2,1-2H3. The van der Waals surface area contributed by atoms with Crippen LogP contribution >= 0.6 is 0 Å². The van der Waals surface area contributed by atoms with E-state index in [1.165, 1.54) is 17.4 Å². The van der Waals surface area contributed by atoms with Crippen molar-refractivity contribution in [1.29, 1.82) is 0 Å². The molecule has 1 heterocycles. The van der Waals surface area contributed by atoms with E-state index in [-0.39, 0.29) is 0 Å². The third-order valence-electron chi connectivity index (χ3n) is 3.67. The van der Waals surface area contributed by atoms with Crippen LogP contribution in [0.25, 0.3) is 0 Å². The summed E-state index contributed by atoms with van der Waals surface area (Å²) in [4.78, 5) is 2.34. The zero-order chi connectivity index (χ0) is 13.9. The van der Waals surface area contributed by atoms with Gasteiger partial charge in [-0.25, -0.2) is 12.7 Å². The van der Waals surface area contributed by atoms with Crippen LogP contribution in [0.2, 0.25) is 0 Å². The number of rotatable bonds is 3. The van der Waals surface area contributed by atoms with Crippen LogP contribution in [0.15, 0.2) is 24.3 Å². The van der Waals surface area contributed by atoms with Crippen molar-refractivity contribution >= 4 is 10.0 Å². The third kappa shape index (κ3) is 4.03. The summed E-state index contributed by atoms with van der Waals surface area (Å²) in [6.45, 7) is 6.04. The SMILES string of the molecule is Cc1ccccc1CN1CCCN(S(C)(=O)=O)CC1. The van der Waals surface area contributed by atoms with Crippen LogP contribution in [0.1, 0.15) is 17.5 Å². The van der Waals surface area contributed by atoms with E-state index in [0.717, 1.165) is 26.1 Å². The van der Waals surface area contributed by atoms with Crippen LogP contribution in [0.4, 0.5) is 0 Å². The van der Waals surface area contributed by atoms with Crippen molar-refractivity contribution < 1.29 is 8.42 Å². The van der Waals surface area contributed by atoms with E-state index >= 15 is 0 Å². The number of hydrogen-bond acceptors (Lipinski definition) is 3. The molecule has 2 rings (SSSR count). The van der Waals surface area contributed by atoms with Crippen LogP contribution in [0, 0.1) is 6.92 Å². The lowest BCUT2D eigenvalue weighted by atomic mass is 10.1. The van der Waals surface area contributed by atoms with Gasteiger partial charge in [0.15, 0.2) is 0 Å². The highest BCUT2D eigenvalue weighted by atomic mass is 32.2. The maximum atomic E-state index is 11.6. The lowest BCUT2D eigenvalue weighted by molar-refractivity contribution is 0.278. The molecule has 0 radical (unpaired) electrons. The summed E-state index contributed by atoms with van der Waals surface area (Å²) in [6.07, 6.45) is 2.20. The van der Waals surface area contributed by atoms with E-state index in [1.807, 2.05) is 6.07 Å². The summed E-state index contributed by atoms with van der Waals surface area (Å²) >= 11 is 0. The summed E-state index contributed by atoms with van der Waals surface area (Å²) in [7, 11) is -3.05. The van der Waals surface area contributed by atoms with Crippen LogP contribution in [0.3, 0.4) is 0 Å². The molecule has 0 saturated carbocycles. The minimum absolute atomic E-state index is 0.602. The van der Waals surface area contributed by atoms with Crippen LogP contribution in [-0.4, -0.2) is 50.1 Å². The van der Waals surface area contributed by atoms with Gasteiger partial charge in [0.2, 0.25) is 10.0 Å². The topological polar surface area (TPSA) is 40.6 Å². The van der Waals surface area contributed by atoms with Gasteiger partial charge in [-0.1, -0.05) is 24.3 Å². The lowest BCUT2D eigenvalue weighted by Gasteiger charge is -2.21. The van der Waals surface area contributed by atoms with E-state index in [9.17, 15) is 8.42 Å². The monoisotopic (exact) mass is 282 g/mol. The number of aryl methyl sites for hydroxylation is 1. The average Bonchev–Trinajstić information content (AvgIpc) is 2.57. The first-order chi connectivity index (χ1) is 8.97. The summed E-state index contributed by atoms with van der Waals surface area (Å²) in [5, 5.41) is 0. The zero-order valence-electron chi connectivity index (χ0n) is 11.7. The Morgan fingerprint density at radius 3 is 2.53 bits per heavy atom. The second-order valence-corrected chi connectivity index (χ2v) is 7.20. The molecule has 5 heteroatoms. The molecule has 19 heavy (non-hydrogen) atoms. The maximum absolute atomic E-state index is 11.6.